The van der Waals surface area contributed by atoms with Gasteiger partial charge in [0.05, 0.1) is 5.92 Å². The third kappa shape index (κ3) is 7.50. The number of halogens is 1. The minimum Gasteiger partial charge on any atom is -0.481 e. The van der Waals surface area contributed by atoms with Crippen molar-refractivity contribution in [3.05, 3.63) is 35.4 Å². The van der Waals surface area contributed by atoms with Crippen LogP contribution in [-0.4, -0.2) is 39.9 Å². The quantitative estimate of drug-likeness (QED) is 0.649. The monoisotopic (exact) mass is 369 g/mol. The lowest BCUT2D eigenvalue weighted by Crippen LogP contribution is -2.45. The van der Waals surface area contributed by atoms with E-state index in [1.807, 2.05) is 0 Å². The summed E-state index contributed by atoms with van der Waals surface area (Å²) < 4.78 is 17.5. The molecule has 1 rings (SSSR count). The molecule has 144 valence electrons. The molecule has 0 unspecified atom stereocenters. The summed E-state index contributed by atoms with van der Waals surface area (Å²) >= 11 is 0. The molecule has 0 saturated carbocycles. The minimum atomic E-state index is -1.41. The van der Waals surface area contributed by atoms with Gasteiger partial charge in [-0.2, -0.15) is 0 Å². The van der Waals surface area contributed by atoms with Crippen molar-refractivity contribution in [2.45, 2.75) is 51.9 Å². The number of carboxylic acids is 2. The number of nitrogens with one attached hydrogen (secondary N) is 1. The highest BCUT2D eigenvalue weighted by atomic mass is 19.1. The van der Waals surface area contributed by atoms with E-state index in [9.17, 15) is 29.0 Å². The Labute approximate surface area is 151 Å². The standard InChI is InChI=1S/C18H24FNO6/c1-18(2,3)26-17(25)20-14(16(23)24)9-13(15(21)22)8-11-4-6-12(10-19)7-5-11/h4-7,13-14H,8-10H2,1-3H3,(H,20,25)(H,21,22)(H,23,24)/t13-,14+/m0/s1. The molecule has 1 aromatic rings. The zero-order valence-corrected chi connectivity index (χ0v) is 15.0. The van der Waals surface area contributed by atoms with Crippen LogP contribution in [0.25, 0.3) is 0 Å². The summed E-state index contributed by atoms with van der Waals surface area (Å²) in [6.45, 7) is 4.26. The Morgan fingerprint density at radius 3 is 2.04 bits per heavy atom. The minimum absolute atomic E-state index is 0.0572. The first-order valence-electron chi connectivity index (χ1n) is 8.10. The van der Waals surface area contributed by atoms with E-state index in [1.165, 1.54) is 0 Å². The predicted molar refractivity (Wildman–Crippen MR) is 91.5 cm³/mol. The molecule has 26 heavy (non-hydrogen) atoms. The van der Waals surface area contributed by atoms with Gasteiger partial charge in [-0.25, -0.2) is 14.0 Å². The zero-order valence-electron chi connectivity index (χ0n) is 15.0. The third-order valence-corrected chi connectivity index (χ3v) is 3.52. The summed E-state index contributed by atoms with van der Waals surface area (Å²) in [5.74, 6) is -3.58. The van der Waals surface area contributed by atoms with Gasteiger partial charge in [0.25, 0.3) is 0 Å². The van der Waals surface area contributed by atoms with Crippen molar-refractivity contribution in [1.82, 2.24) is 5.32 Å². The number of hydrogen-bond acceptors (Lipinski definition) is 4. The zero-order chi connectivity index (χ0) is 19.9. The molecule has 0 heterocycles. The Hall–Kier alpha value is -2.64. The van der Waals surface area contributed by atoms with E-state index < -0.39 is 42.3 Å². The molecule has 0 aromatic heterocycles. The van der Waals surface area contributed by atoms with Gasteiger partial charge in [0.2, 0.25) is 0 Å². The Bertz CT molecular complexity index is 638. The van der Waals surface area contributed by atoms with Crippen molar-refractivity contribution < 1.29 is 33.7 Å². The summed E-state index contributed by atoms with van der Waals surface area (Å²) in [5, 5.41) is 20.9. The second-order valence-electron chi connectivity index (χ2n) is 6.96. The first-order chi connectivity index (χ1) is 12.0. The van der Waals surface area contributed by atoms with Crippen molar-refractivity contribution in [2.75, 3.05) is 0 Å². The number of alkyl halides is 1. The number of carboxylic acid groups (broad SMARTS) is 2. The molecule has 0 aliphatic carbocycles. The van der Waals surface area contributed by atoms with Crippen LogP contribution in [0.3, 0.4) is 0 Å². The van der Waals surface area contributed by atoms with Crippen molar-refractivity contribution >= 4 is 18.0 Å². The normalized spacial score (nSPS) is 13.5. The maximum absolute atomic E-state index is 12.5. The van der Waals surface area contributed by atoms with Crippen LogP contribution in [0.1, 0.15) is 38.3 Å². The van der Waals surface area contributed by atoms with Gasteiger partial charge in [0.15, 0.2) is 0 Å². The molecule has 0 radical (unpaired) electrons. The summed E-state index contributed by atoms with van der Waals surface area (Å²) in [7, 11) is 0. The first kappa shape index (κ1) is 21.4. The Balaban J connectivity index is 2.81. The molecule has 7 nitrogen and oxygen atoms in total. The van der Waals surface area contributed by atoms with Gasteiger partial charge < -0.3 is 20.3 Å². The largest absolute Gasteiger partial charge is 0.481 e. The molecule has 8 heteroatoms. The van der Waals surface area contributed by atoms with Crippen LogP contribution in [0, 0.1) is 5.92 Å². The van der Waals surface area contributed by atoms with Gasteiger partial charge >= 0.3 is 18.0 Å². The maximum atomic E-state index is 12.5. The van der Waals surface area contributed by atoms with Gasteiger partial charge in [-0.15, -0.1) is 0 Å². The van der Waals surface area contributed by atoms with Crippen LogP contribution in [0.5, 0.6) is 0 Å². The van der Waals surface area contributed by atoms with Gasteiger partial charge in [-0.3, -0.25) is 4.79 Å². The fourth-order valence-corrected chi connectivity index (χ4v) is 2.28. The number of amides is 1. The van der Waals surface area contributed by atoms with Crippen LogP contribution in [-0.2, 0) is 27.4 Å². The molecule has 0 bridgehead atoms. The molecule has 0 fully saturated rings. The number of hydrogen-bond donors (Lipinski definition) is 3. The summed E-state index contributed by atoms with van der Waals surface area (Å²) in [6, 6.07) is 4.88. The smallest absolute Gasteiger partial charge is 0.408 e. The van der Waals surface area contributed by atoms with Crippen LogP contribution in [0.15, 0.2) is 24.3 Å². The number of alkyl carbamates (subject to hydrolysis) is 1. The maximum Gasteiger partial charge on any atom is 0.408 e. The summed E-state index contributed by atoms with van der Waals surface area (Å²) in [4.78, 5) is 34.7. The Morgan fingerprint density at radius 2 is 1.62 bits per heavy atom. The van der Waals surface area contributed by atoms with E-state index in [0.29, 0.717) is 11.1 Å². The molecule has 0 aliphatic rings. The van der Waals surface area contributed by atoms with Crippen LogP contribution < -0.4 is 5.32 Å². The van der Waals surface area contributed by atoms with E-state index in [2.05, 4.69) is 5.32 Å². The summed E-state index contributed by atoms with van der Waals surface area (Å²) in [5.41, 5.74) is 0.295. The van der Waals surface area contributed by atoms with E-state index in [-0.39, 0.29) is 12.8 Å². The van der Waals surface area contributed by atoms with E-state index >= 15 is 0 Å². The van der Waals surface area contributed by atoms with Gasteiger partial charge in [0, 0.05) is 0 Å². The fourth-order valence-electron chi connectivity index (χ4n) is 2.28. The highest BCUT2D eigenvalue weighted by molar-refractivity contribution is 5.81. The van der Waals surface area contributed by atoms with E-state index in [4.69, 9.17) is 4.74 Å². The molecule has 2 atom stereocenters. The first-order valence-corrected chi connectivity index (χ1v) is 8.10. The average molecular weight is 369 g/mol. The number of rotatable bonds is 8. The lowest BCUT2D eigenvalue weighted by atomic mass is 9.92. The van der Waals surface area contributed by atoms with Gasteiger partial charge in [-0.1, -0.05) is 24.3 Å². The van der Waals surface area contributed by atoms with Crippen molar-refractivity contribution in [2.24, 2.45) is 5.92 Å². The summed E-state index contributed by atoms with van der Waals surface area (Å²) in [6.07, 6.45) is -1.18. The van der Waals surface area contributed by atoms with Crippen LogP contribution in [0.2, 0.25) is 0 Å². The highest BCUT2D eigenvalue weighted by Crippen LogP contribution is 2.17. The topological polar surface area (TPSA) is 113 Å². The van der Waals surface area contributed by atoms with Crippen molar-refractivity contribution in [1.29, 1.82) is 0 Å². The molecular formula is C18H24FNO6. The lowest BCUT2D eigenvalue weighted by molar-refractivity contribution is -0.144. The highest BCUT2D eigenvalue weighted by Gasteiger charge is 2.30. The third-order valence-electron chi connectivity index (χ3n) is 3.52. The molecule has 1 aromatic carbocycles. The number of aliphatic carboxylic acids is 2. The molecule has 0 saturated heterocycles. The Morgan fingerprint density at radius 1 is 1.08 bits per heavy atom. The fraction of sp³-hybridized carbons (Fsp3) is 0.500. The molecule has 0 spiro atoms. The Kier molecular flexibility index (Phi) is 7.55. The van der Waals surface area contributed by atoms with Crippen LogP contribution >= 0.6 is 0 Å². The van der Waals surface area contributed by atoms with Crippen molar-refractivity contribution in [3.63, 3.8) is 0 Å². The molecule has 3 N–H and O–H groups in total. The second kappa shape index (κ2) is 9.17. The van der Waals surface area contributed by atoms with E-state index in [1.54, 1.807) is 45.0 Å². The lowest BCUT2D eigenvalue weighted by Gasteiger charge is -2.23. The van der Waals surface area contributed by atoms with Gasteiger partial charge in [0.1, 0.15) is 18.3 Å². The average Bonchev–Trinajstić information content (AvgIpc) is 2.52. The SMILES string of the molecule is CC(C)(C)OC(=O)N[C@H](C[C@H](Cc1ccc(CF)cc1)C(=O)O)C(=O)O. The predicted octanol–water partition coefficient (Wildman–Crippen LogP) is 2.77. The molecular weight excluding hydrogens is 345 g/mol. The molecule has 1 amide bonds. The number of carbonyl (C=O) groups excluding carboxylic acids is 1. The number of carbonyl (C=O) groups is 3. The molecule has 0 aliphatic heterocycles. The van der Waals surface area contributed by atoms with Crippen LogP contribution in [0.4, 0.5) is 9.18 Å². The van der Waals surface area contributed by atoms with Gasteiger partial charge in [-0.05, 0) is 44.7 Å². The number of ether oxygens (including phenoxy) is 1. The van der Waals surface area contributed by atoms with Crippen molar-refractivity contribution in [3.8, 4) is 0 Å². The number of benzene rings is 1. The van der Waals surface area contributed by atoms with E-state index in [0.717, 1.165) is 0 Å². The second-order valence-corrected chi connectivity index (χ2v) is 6.96.